The molecule has 3 rings (SSSR count). The van der Waals surface area contributed by atoms with Crippen LogP contribution in [0.1, 0.15) is 72.0 Å². The van der Waals surface area contributed by atoms with Crippen LogP contribution in [0.4, 0.5) is 27.6 Å². The van der Waals surface area contributed by atoms with Crippen LogP contribution in [0.15, 0.2) is 6.07 Å². The van der Waals surface area contributed by atoms with Gasteiger partial charge in [0, 0.05) is 37.2 Å². The molecule has 0 spiro atoms. The summed E-state index contributed by atoms with van der Waals surface area (Å²) in [5, 5.41) is 0. The number of halogens is 5. The Morgan fingerprint density at radius 1 is 1.19 bits per heavy atom. The van der Waals surface area contributed by atoms with Gasteiger partial charge in [0.2, 0.25) is 5.92 Å². The van der Waals surface area contributed by atoms with Gasteiger partial charge >= 0.3 is 6.18 Å². The zero-order chi connectivity index (χ0) is 19.3. The number of Topliss-reactive ketones (excluding diaryl/α,β-unsaturated/α-hetero) is 1. The Labute approximate surface area is 149 Å². The summed E-state index contributed by atoms with van der Waals surface area (Å²) in [6.07, 6.45) is -3.55. The van der Waals surface area contributed by atoms with Crippen molar-refractivity contribution in [2.75, 3.05) is 18.0 Å². The number of benzene rings is 1. The van der Waals surface area contributed by atoms with Crippen LogP contribution in [0.25, 0.3) is 0 Å². The Morgan fingerprint density at radius 2 is 1.85 bits per heavy atom. The van der Waals surface area contributed by atoms with Gasteiger partial charge in [-0.1, -0.05) is 0 Å². The van der Waals surface area contributed by atoms with Crippen molar-refractivity contribution in [3.8, 4) is 0 Å². The second kappa shape index (κ2) is 6.50. The fraction of sp³-hybridized carbons (Fsp3) is 0.632. The summed E-state index contributed by atoms with van der Waals surface area (Å²) in [4.78, 5) is 13.8. The summed E-state index contributed by atoms with van der Waals surface area (Å²) in [6.45, 7) is 2.89. The van der Waals surface area contributed by atoms with Gasteiger partial charge in [0.25, 0.3) is 0 Å². The smallest absolute Gasteiger partial charge is 0.371 e. The summed E-state index contributed by atoms with van der Waals surface area (Å²) < 4.78 is 68.3. The molecular weight excluding hydrogens is 353 g/mol. The maximum Gasteiger partial charge on any atom is 0.416 e. The number of rotatable bonds is 3. The third kappa shape index (κ3) is 3.71. The third-order valence-corrected chi connectivity index (χ3v) is 5.30. The number of carbonyl (C=O) groups excluding carboxylic acids is 1. The van der Waals surface area contributed by atoms with Crippen molar-refractivity contribution < 1.29 is 26.7 Å². The molecule has 0 radical (unpaired) electrons. The molecule has 1 saturated heterocycles. The van der Waals surface area contributed by atoms with Gasteiger partial charge in [0.05, 0.1) is 5.56 Å². The molecule has 1 aromatic carbocycles. The van der Waals surface area contributed by atoms with E-state index in [1.165, 1.54) is 19.9 Å². The van der Waals surface area contributed by atoms with E-state index in [9.17, 15) is 26.7 Å². The standard InChI is InChI=1S/C19H22F5NO/c1-11-16(12(2)26)15(25-8-3-6-18(20,21)7-9-25)10-14(13-4-5-13)17(11)19(22,23)24/h10,13H,3-9H2,1-2H3. The predicted octanol–water partition coefficient (Wildman–Crippen LogP) is 5.72. The maximum absolute atomic E-state index is 13.7. The average molecular weight is 375 g/mol. The molecule has 0 N–H and O–H groups in total. The Balaban J connectivity index is 2.14. The largest absolute Gasteiger partial charge is 0.416 e. The van der Waals surface area contributed by atoms with Gasteiger partial charge in [0.15, 0.2) is 5.78 Å². The first-order valence-corrected chi connectivity index (χ1v) is 8.89. The van der Waals surface area contributed by atoms with Crippen molar-refractivity contribution in [1.29, 1.82) is 0 Å². The van der Waals surface area contributed by atoms with Crippen LogP contribution in [0.3, 0.4) is 0 Å². The summed E-state index contributed by atoms with van der Waals surface area (Å²) in [6, 6.07) is 1.44. The van der Waals surface area contributed by atoms with Gasteiger partial charge in [-0.05, 0) is 56.2 Å². The highest BCUT2D eigenvalue weighted by atomic mass is 19.4. The van der Waals surface area contributed by atoms with Crippen molar-refractivity contribution in [2.45, 2.75) is 64.0 Å². The van der Waals surface area contributed by atoms with E-state index in [-0.39, 0.29) is 48.4 Å². The van der Waals surface area contributed by atoms with E-state index in [0.29, 0.717) is 25.1 Å². The van der Waals surface area contributed by atoms with Crippen molar-refractivity contribution >= 4 is 11.5 Å². The van der Waals surface area contributed by atoms with Crippen LogP contribution in [0.5, 0.6) is 0 Å². The molecule has 1 aliphatic heterocycles. The molecule has 0 bridgehead atoms. The Hall–Kier alpha value is -1.66. The van der Waals surface area contributed by atoms with Crippen molar-refractivity contribution in [1.82, 2.24) is 0 Å². The summed E-state index contributed by atoms with van der Waals surface area (Å²) >= 11 is 0. The zero-order valence-electron chi connectivity index (χ0n) is 14.8. The fourth-order valence-corrected chi connectivity index (χ4v) is 3.92. The van der Waals surface area contributed by atoms with Crippen molar-refractivity contribution in [3.63, 3.8) is 0 Å². The van der Waals surface area contributed by atoms with Crippen LogP contribution < -0.4 is 4.90 Å². The molecule has 7 heteroatoms. The number of ketones is 1. The first-order valence-electron chi connectivity index (χ1n) is 8.89. The lowest BCUT2D eigenvalue weighted by atomic mass is 9.90. The number of carbonyl (C=O) groups is 1. The quantitative estimate of drug-likeness (QED) is 0.497. The number of nitrogens with zero attached hydrogens (tertiary/aromatic N) is 1. The zero-order valence-corrected chi connectivity index (χ0v) is 14.8. The Bertz CT molecular complexity index is 722. The molecule has 1 aromatic rings. The highest BCUT2D eigenvalue weighted by Gasteiger charge is 2.42. The van der Waals surface area contributed by atoms with Crippen LogP contribution >= 0.6 is 0 Å². The lowest BCUT2D eigenvalue weighted by molar-refractivity contribution is -0.138. The van der Waals surface area contributed by atoms with Crippen LogP contribution in [0, 0.1) is 6.92 Å². The molecule has 0 amide bonds. The average Bonchev–Trinajstić information content (AvgIpc) is 3.32. The van der Waals surface area contributed by atoms with E-state index in [4.69, 9.17) is 0 Å². The normalized spacial score (nSPS) is 20.8. The molecule has 2 aliphatic rings. The molecule has 144 valence electrons. The fourth-order valence-electron chi connectivity index (χ4n) is 3.92. The van der Waals surface area contributed by atoms with Crippen molar-refractivity contribution in [2.24, 2.45) is 0 Å². The second-order valence-electron chi connectivity index (χ2n) is 7.38. The SMILES string of the molecule is CC(=O)c1c(N2CCCC(F)(F)CC2)cc(C2CC2)c(C(F)(F)F)c1C. The molecule has 0 aromatic heterocycles. The maximum atomic E-state index is 13.7. The number of hydrogen-bond donors (Lipinski definition) is 0. The van der Waals surface area contributed by atoms with Crippen LogP contribution in [-0.4, -0.2) is 24.8 Å². The van der Waals surface area contributed by atoms with Gasteiger partial charge in [0.1, 0.15) is 0 Å². The lowest BCUT2D eigenvalue weighted by Crippen LogP contribution is -2.28. The van der Waals surface area contributed by atoms with E-state index < -0.39 is 23.4 Å². The monoisotopic (exact) mass is 375 g/mol. The van der Waals surface area contributed by atoms with Gasteiger partial charge in [-0.15, -0.1) is 0 Å². The number of hydrogen-bond acceptors (Lipinski definition) is 2. The Kier molecular flexibility index (Phi) is 4.78. The van der Waals surface area contributed by atoms with Crippen LogP contribution in [0.2, 0.25) is 0 Å². The van der Waals surface area contributed by atoms with E-state index in [1.54, 1.807) is 4.90 Å². The van der Waals surface area contributed by atoms with E-state index >= 15 is 0 Å². The summed E-state index contributed by atoms with van der Waals surface area (Å²) in [7, 11) is 0. The summed E-state index contributed by atoms with van der Waals surface area (Å²) in [5.74, 6) is -3.41. The van der Waals surface area contributed by atoms with E-state index in [0.717, 1.165) is 0 Å². The predicted molar refractivity (Wildman–Crippen MR) is 89.2 cm³/mol. The number of anilines is 1. The highest BCUT2D eigenvalue weighted by molar-refractivity contribution is 6.02. The molecule has 1 aliphatic carbocycles. The molecular formula is C19H22F5NO. The van der Waals surface area contributed by atoms with Crippen LogP contribution in [-0.2, 0) is 6.18 Å². The molecule has 2 nitrogen and oxygen atoms in total. The van der Waals surface area contributed by atoms with Gasteiger partial charge < -0.3 is 4.90 Å². The van der Waals surface area contributed by atoms with Gasteiger partial charge in [-0.2, -0.15) is 13.2 Å². The molecule has 26 heavy (non-hydrogen) atoms. The molecule has 1 saturated carbocycles. The van der Waals surface area contributed by atoms with E-state index in [2.05, 4.69) is 0 Å². The van der Waals surface area contributed by atoms with Gasteiger partial charge in [-0.3, -0.25) is 4.79 Å². The molecule has 0 atom stereocenters. The minimum atomic E-state index is -4.55. The van der Waals surface area contributed by atoms with Crippen molar-refractivity contribution in [3.05, 3.63) is 28.3 Å². The topological polar surface area (TPSA) is 20.3 Å². The lowest BCUT2D eigenvalue weighted by Gasteiger charge is -2.29. The van der Waals surface area contributed by atoms with Gasteiger partial charge in [-0.25, -0.2) is 8.78 Å². The van der Waals surface area contributed by atoms with E-state index in [1.807, 2.05) is 0 Å². The third-order valence-electron chi connectivity index (χ3n) is 5.30. The molecule has 1 heterocycles. The minimum Gasteiger partial charge on any atom is -0.371 e. The molecule has 0 unspecified atom stereocenters. The first kappa shape index (κ1) is 19.1. The minimum absolute atomic E-state index is 0.00643. The number of alkyl halides is 5. The Morgan fingerprint density at radius 3 is 2.38 bits per heavy atom. The summed E-state index contributed by atoms with van der Waals surface area (Å²) in [5.41, 5.74) is -0.227. The molecule has 2 fully saturated rings. The highest BCUT2D eigenvalue weighted by Crippen LogP contribution is 2.49. The second-order valence-corrected chi connectivity index (χ2v) is 7.38. The first-order chi connectivity index (χ1) is 12.0.